The molecule has 1 fully saturated rings. The molecule has 1 N–H and O–H groups in total. The molecule has 1 aromatic carbocycles. The van der Waals surface area contributed by atoms with Crippen LogP contribution in [0.25, 0.3) is 0 Å². The number of rotatable bonds is 1. The van der Waals surface area contributed by atoms with Gasteiger partial charge in [-0.05, 0) is 25.1 Å². The first kappa shape index (κ1) is 13.5. The van der Waals surface area contributed by atoms with Gasteiger partial charge in [-0.1, -0.05) is 11.6 Å². The molecule has 1 aliphatic heterocycles. The summed E-state index contributed by atoms with van der Waals surface area (Å²) in [4.78, 5) is 1.91. The Bertz CT molecular complexity index is 434. The maximum Gasteiger partial charge on any atom is 0.416 e. The summed E-state index contributed by atoms with van der Waals surface area (Å²) in [6, 6.07) is 3.58. The molecule has 0 amide bonds. The van der Waals surface area contributed by atoms with Crippen molar-refractivity contribution < 1.29 is 13.2 Å². The van der Waals surface area contributed by atoms with Gasteiger partial charge >= 0.3 is 6.18 Å². The van der Waals surface area contributed by atoms with Crippen LogP contribution in [0.15, 0.2) is 18.2 Å². The SMILES string of the molecule is C[C@@H]1CNCCN1c1cc(C(F)(F)F)ccc1Cl. The molecule has 0 unspecified atom stereocenters. The van der Waals surface area contributed by atoms with E-state index in [4.69, 9.17) is 11.6 Å². The smallest absolute Gasteiger partial charge is 0.365 e. The molecule has 0 spiro atoms. The summed E-state index contributed by atoms with van der Waals surface area (Å²) < 4.78 is 38.1. The van der Waals surface area contributed by atoms with Crippen molar-refractivity contribution in [2.75, 3.05) is 24.5 Å². The minimum atomic E-state index is -4.34. The monoisotopic (exact) mass is 278 g/mol. The Morgan fingerprint density at radius 2 is 2.11 bits per heavy atom. The van der Waals surface area contributed by atoms with Crippen LogP contribution in [-0.2, 0) is 6.18 Å². The van der Waals surface area contributed by atoms with Crippen LogP contribution in [0.1, 0.15) is 12.5 Å². The van der Waals surface area contributed by atoms with Gasteiger partial charge in [0.25, 0.3) is 0 Å². The summed E-state index contributed by atoms with van der Waals surface area (Å²) in [5.74, 6) is 0. The molecule has 1 aliphatic rings. The van der Waals surface area contributed by atoms with Gasteiger partial charge < -0.3 is 10.2 Å². The molecule has 0 aliphatic carbocycles. The molecule has 0 bridgehead atoms. The molecule has 1 saturated heterocycles. The number of hydrogen-bond acceptors (Lipinski definition) is 2. The fourth-order valence-corrected chi connectivity index (χ4v) is 2.33. The Balaban J connectivity index is 2.37. The van der Waals surface area contributed by atoms with Crippen LogP contribution in [-0.4, -0.2) is 25.7 Å². The van der Waals surface area contributed by atoms with Gasteiger partial charge in [0.05, 0.1) is 16.3 Å². The highest BCUT2D eigenvalue weighted by atomic mass is 35.5. The fraction of sp³-hybridized carbons (Fsp3) is 0.500. The average molecular weight is 279 g/mol. The first-order valence-corrected chi connectivity index (χ1v) is 6.11. The van der Waals surface area contributed by atoms with Gasteiger partial charge in [-0.2, -0.15) is 13.2 Å². The van der Waals surface area contributed by atoms with E-state index in [0.717, 1.165) is 25.2 Å². The number of benzene rings is 1. The quantitative estimate of drug-likeness (QED) is 0.849. The third-order valence-electron chi connectivity index (χ3n) is 3.08. The third-order valence-corrected chi connectivity index (χ3v) is 3.40. The van der Waals surface area contributed by atoms with Crippen molar-refractivity contribution in [2.45, 2.75) is 19.1 Å². The summed E-state index contributed by atoms with van der Waals surface area (Å²) in [5, 5.41) is 3.55. The van der Waals surface area contributed by atoms with Crippen molar-refractivity contribution in [3.63, 3.8) is 0 Å². The van der Waals surface area contributed by atoms with Crippen LogP contribution in [0.5, 0.6) is 0 Å². The van der Waals surface area contributed by atoms with E-state index in [-0.39, 0.29) is 6.04 Å². The molecule has 2 nitrogen and oxygen atoms in total. The molecule has 18 heavy (non-hydrogen) atoms. The van der Waals surface area contributed by atoms with E-state index in [1.165, 1.54) is 6.07 Å². The van der Waals surface area contributed by atoms with Crippen LogP contribution < -0.4 is 10.2 Å². The third kappa shape index (κ3) is 2.72. The largest absolute Gasteiger partial charge is 0.416 e. The average Bonchev–Trinajstić information content (AvgIpc) is 2.29. The number of piperazine rings is 1. The van der Waals surface area contributed by atoms with Crippen molar-refractivity contribution in [2.24, 2.45) is 0 Å². The van der Waals surface area contributed by atoms with E-state index in [1.807, 2.05) is 11.8 Å². The molecular formula is C12H14ClF3N2. The van der Waals surface area contributed by atoms with Gasteiger partial charge in [-0.15, -0.1) is 0 Å². The Hall–Kier alpha value is -0.940. The summed E-state index contributed by atoms with van der Waals surface area (Å²) in [5.41, 5.74) is -0.201. The van der Waals surface area contributed by atoms with Gasteiger partial charge in [-0.25, -0.2) is 0 Å². The van der Waals surface area contributed by atoms with E-state index in [0.29, 0.717) is 17.3 Å². The van der Waals surface area contributed by atoms with Crippen LogP contribution >= 0.6 is 11.6 Å². The Kier molecular flexibility index (Phi) is 3.73. The first-order chi connectivity index (χ1) is 8.39. The number of nitrogens with one attached hydrogen (secondary N) is 1. The fourth-order valence-electron chi connectivity index (χ4n) is 2.11. The lowest BCUT2D eigenvalue weighted by Crippen LogP contribution is -2.50. The van der Waals surface area contributed by atoms with Gasteiger partial charge in [0.15, 0.2) is 0 Å². The lowest BCUT2D eigenvalue weighted by atomic mass is 10.1. The Labute approximate surface area is 109 Å². The van der Waals surface area contributed by atoms with E-state index in [2.05, 4.69) is 5.32 Å². The zero-order valence-electron chi connectivity index (χ0n) is 9.89. The second kappa shape index (κ2) is 4.97. The maximum absolute atomic E-state index is 12.7. The van der Waals surface area contributed by atoms with Crippen LogP contribution in [0.4, 0.5) is 18.9 Å². The van der Waals surface area contributed by atoms with Crippen LogP contribution in [0.3, 0.4) is 0 Å². The molecule has 0 aromatic heterocycles. The predicted octanol–water partition coefficient (Wildman–Crippen LogP) is 3.16. The molecule has 2 rings (SSSR count). The molecule has 1 heterocycles. The number of alkyl halides is 3. The maximum atomic E-state index is 12.7. The highest BCUT2D eigenvalue weighted by molar-refractivity contribution is 6.33. The highest BCUT2D eigenvalue weighted by Gasteiger charge is 2.32. The summed E-state index contributed by atoms with van der Waals surface area (Å²) in [7, 11) is 0. The minimum Gasteiger partial charge on any atom is -0.365 e. The standard InChI is InChI=1S/C12H14ClF3N2/c1-8-7-17-4-5-18(8)11-6-9(12(14,15)16)2-3-10(11)13/h2-3,6,8,17H,4-5,7H2,1H3/t8-/m1/s1. The molecule has 1 atom stereocenters. The normalized spacial score (nSPS) is 21.2. The van der Waals surface area contributed by atoms with Crippen molar-refractivity contribution in [3.05, 3.63) is 28.8 Å². The highest BCUT2D eigenvalue weighted by Crippen LogP contribution is 2.36. The Morgan fingerprint density at radius 3 is 2.72 bits per heavy atom. The Morgan fingerprint density at radius 1 is 1.39 bits per heavy atom. The van der Waals surface area contributed by atoms with Crippen molar-refractivity contribution in [1.82, 2.24) is 5.32 Å². The van der Waals surface area contributed by atoms with Crippen molar-refractivity contribution in [1.29, 1.82) is 0 Å². The van der Waals surface area contributed by atoms with Crippen molar-refractivity contribution >= 4 is 17.3 Å². The zero-order valence-corrected chi connectivity index (χ0v) is 10.6. The number of nitrogens with zero attached hydrogens (tertiary/aromatic N) is 1. The van der Waals surface area contributed by atoms with Crippen LogP contribution in [0, 0.1) is 0 Å². The second-order valence-electron chi connectivity index (χ2n) is 4.41. The van der Waals surface area contributed by atoms with Gasteiger partial charge in [0, 0.05) is 25.7 Å². The van der Waals surface area contributed by atoms with Gasteiger partial charge in [0.2, 0.25) is 0 Å². The molecule has 0 saturated carbocycles. The predicted molar refractivity (Wildman–Crippen MR) is 66.1 cm³/mol. The van der Waals surface area contributed by atoms with Crippen LogP contribution in [0.2, 0.25) is 5.02 Å². The van der Waals surface area contributed by atoms with E-state index in [1.54, 1.807) is 0 Å². The molecular weight excluding hydrogens is 265 g/mol. The number of halogens is 4. The first-order valence-electron chi connectivity index (χ1n) is 5.73. The molecule has 0 radical (unpaired) electrons. The zero-order chi connectivity index (χ0) is 13.3. The van der Waals surface area contributed by atoms with Crippen molar-refractivity contribution in [3.8, 4) is 0 Å². The van der Waals surface area contributed by atoms with E-state index < -0.39 is 11.7 Å². The number of hydrogen-bond donors (Lipinski definition) is 1. The summed E-state index contributed by atoms with van der Waals surface area (Å²) >= 11 is 6.02. The van der Waals surface area contributed by atoms with E-state index in [9.17, 15) is 13.2 Å². The van der Waals surface area contributed by atoms with E-state index >= 15 is 0 Å². The summed E-state index contributed by atoms with van der Waals surface area (Å²) in [6.07, 6.45) is -4.34. The second-order valence-corrected chi connectivity index (χ2v) is 4.82. The molecule has 1 aromatic rings. The lowest BCUT2D eigenvalue weighted by Gasteiger charge is -2.36. The number of anilines is 1. The minimum absolute atomic E-state index is 0.125. The topological polar surface area (TPSA) is 15.3 Å². The van der Waals surface area contributed by atoms with Gasteiger partial charge in [0.1, 0.15) is 0 Å². The summed E-state index contributed by atoms with van der Waals surface area (Å²) in [6.45, 7) is 4.11. The molecule has 6 heteroatoms. The lowest BCUT2D eigenvalue weighted by molar-refractivity contribution is -0.137. The molecule has 100 valence electrons. The van der Waals surface area contributed by atoms with Gasteiger partial charge in [-0.3, -0.25) is 0 Å².